The van der Waals surface area contributed by atoms with E-state index >= 15 is 0 Å². The third-order valence-corrected chi connectivity index (χ3v) is 4.24. The SMILES string of the molecule is COCCOCCOCCOC1(CNC2CC2)CCCC1. The number of methoxy groups -OCH3 is 1. The molecule has 0 spiro atoms. The Morgan fingerprint density at radius 1 is 0.905 bits per heavy atom. The van der Waals surface area contributed by atoms with Crippen LogP contribution in [0.3, 0.4) is 0 Å². The Bertz CT molecular complexity index is 265. The van der Waals surface area contributed by atoms with Gasteiger partial charge in [0.25, 0.3) is 0 Å². The molecule has 21 heavy (non-hydrogen) atoms. The third-order valence-electron chi connectivity index (χ3n) is 4.24. The fraction of sp³-hybridized carbons (Fsp3) is 1.00. The van der Waals surface area contributed by atoms with E-state index in [1.54, 1.807) is 7.11 Å². The minimum absolute atomic E-state index is 0.0704. The molecule has 5 nitrogen and oxygen atoms in total. The number of hydrogen-bond acceptors (Lipinski definition) is 5. The van der Waals surface area contributed by atoms with Gasteiger partial charge in [-0.1, -0.05) is 12.8 Å². The van der Waals surface area contributed by atoms with Gasteiger partial charge in [0.05, 0.1) is 45.2 Å². The van der Waals surface area contributed by atoms with E-state index in [-0.39, 0.29) is 5.60 Å². The molecule has 0 aliphatic heterocycles. The van der Waals surface area contributed by atoms with Gasteiger partial charge in [-0.25, -0.2) is 0 Å². The van der Waals surface area contributed by atoms with Crippen molar-refractivity contribution in [1.82, 2.24) is 5.32 Å². The average molecular weight is 301 g/mol. The molecular formula is C16H31NO4. The average Bonchev–Trinajstić information content (AvgIpc) is 3.22. The van der Waals surface area contributed by atoms with Gasteiger partial charge < -0.3 is 24.3 Å². The zero-order valence-corrected chi connectivity index (χ0v) is 13.4. The van der Waals surface area contributed by atoms with Crippen molar-refractivity contribution in [3.63, 3.8) is 0 Å². The Morgan fingerprint density at radius 2 is 1.52 bits per heavy atom. The first-order valence-corrected chi connectivity index (χ1v) is 8.36. The van der Waals surface area contributed by atoms with Crippen LogP contribution in [-0.4, -0.2) is 64.9 Å². The lowest BCUT2D eigenvalue weighted by Crippen LogP contribution is -2.42. The summed E-state index contributed by atoms with van der Waals surface area (Å²) in [5, 5.41) is 3.62. The minimum Gasteiger partial charge on any atom is -0.382 e. The molecule has 0 amide bonds. The van der Waals surface area contributed by atoms with Gasteiger partial charge >= 0.3 is 0 Å². The van der Waals surface area contributed by atoms with Crippen molar-refractivity contribution in [2.24, 2.45) is 0 Å². The summed E-state index contributed by atoms with van der Waals surface area (Å²) in [5.74, 6) is 0. The van der Waals surface area contributed by atoms with Crippen molar-refractivity contribution in [2.75, 3.05) is 53.3 Å². The Hall–Kier alpha value is -0.200. The molecule has 0 aromatic carbocycles. The highest BCUT2D eigenvalue weighted by Crippen LogP contribution is 2.33. The second-order valence-corrected chi connectivity index (χ2v) is 6.11. The topological polar surface area (TPSA) is 49.0 Å². The molecular weight excluding hydrogens is 270 g/mol. The lowest BCUT2D eigenvalue weighted by Gasteiger charge is -2.30. The van der Waals surface area contributed by atoms with Crippen LogP contribution in [0.25, 0.3) is 0 Å². The van der Waals surface area contributed by atoms with Crippen LogP contribution < -0.4 is 5.32 Å². The zero-order chi connectivity index (χ0) is 14.8. The standard InChI is InChI=1S/C16H31NO4/c1-18-8-9-19-10-11-20-12-13-21-16(6-2-3-7-16)14-17-15-4-5-15/h15,17H,2-14H2,1H3. The van der Waals surface area contributed by atoms with Crippen LogP contribution in [0.1, 0.15) is 38.5 Å². The van der Waals surface area contributed by atoms with Gasteiger partial charge in [-0.2, -0.15) is 0 Å². The molecule has 0 unspecified atom stereocenters. The normalized spacial score (nSPS) is 21.0. The second kappa shape index (κ2) is 9.74. The van der Waals surface area contributed by atoms with E-state index < -0.39 is 0 Å². The molecule has 0 heterocycles. The monoisotopic (exact) mass is 301 g/mol. The Morgan fingerprint density at radius 3 is 2.14 bits per heavy atom. The molecule has 2 aliphatic carbocycles. The maximum Gasteiger partial charge on any atom is 0.0807 e. The molecule has 2 fully saturated rings. The maximum absolute atomic E-state index is 6.17. The lowest BCUT2D eigenvalue weighted by atomic mass is 10.0. The fourth-order valence-corrected chi connectivity index (χ4v) is 2.79. The van der Waals surface area contributed by atoms with Gasteiger partial charge in [0, 0.05) is 19.7 Å². The summed E-state index contributed by atoms with van der Waals surface area (Å²) in [6, 6.07) is 0.756. The quantitative estimate of drug-likeness (QED) is 0.525. The van der Waals surface area contributed by atoms with Gasteiger partial charge in [0.1, 0.15) is 0 Å². The van der Waals surface area contributed by atoms with E-state index in [2.05, 4.69) is 5.32 Å². The van der Waals surface area contributed by atoms with Gasteiger partial charge in [0.2, 0.25) is 0 Å². The number of hydrogen-bond donors (Lipinski definition) is 1. The maximum atomic E-state index is 6.17. The van der Waals surface area contributed by atoms with Crippen LogP contribution in [-0.2, 0) is 18.9 Å². The highest BCUT2D eigenvalue weighted by Gasteiger charge is 2.36. The Balaban J connectivity index is 1.47. The van der Waals surface area contributed by atoms with E-state index in [1.807, 2.05) is 0 Å². The molecule has 0 aromatic rings. The predicted molar refractivity (Wildman–Crippen MR) is 81.7 cm³/mol. The van der Waals surface area contributed by atoms with Crippen LogP contribution >= 0.6 is 0 Å². The van der Waals surface area contributed by atoms with E-state index in [9.17, 15) is 0 Å². The molecule has 1 N–H and O–H groups in total. The third kappa shape index (κ3) is 7.06. The van der Waals surface area contributed by atoms with E-state index in [1.165, 1.54) is 38.5 Å². The van der Waals surface area contributed by atoms with Crippen LogP contribution in [0.2, 0.25) is 0 Å². The first-order chi connectivity index (χ1) is 10.3. The number of ether oxygens (including phenoxy) is 4. The first-order valence-electron chi connectivity index (χ1n) is 8.36. The molecule has 0 radical (unpaired) electrons. The van der Waals surface area contributed by atoms with Crippen molar-refractivity contribution in [2.45, 2.75) is 50.2 Å². The summed E-state index contributed by atoms with van der Waals surface area (Å²) < 4.78 is 22.0. The van der Waals surface area contributed by atoms with E-state index in [0.29, 0.717) is 39.6 Å². The fourth-order valence-electron chi connectivity index (χ4n) is 2.79. The zero-order valence-electron chi connectivity index (χ0n) is 13.4. The van der Waals surface area contributed by atoms with Gasteiger partial charge in [-0.3, -0.25) is 0 Å². The van der Waals surface area contributed by atoms with E-state index in [0.717, 1.165) is 12.6 Å². The van der Waals surface area contributed by atoms with Crippen LogP contribution in [0, 0.1) is 0 Å². The smallest absolute Gasteiger partial charge is 0.0807 e. The number of nitrogens with one attached hydrogen (secondary N) is 1. The van der Waals surface area contributed by atoms with Crippen LogP contribution in [0.4, 0.5) is 0 Å². The van der Waals surface area contributed by atoms with Crippen molar-refractivity contribution in [3.8, 4) is 0 Å². The lowest BCUT2D eigenvalue weighted by molar-refractivity contribution is -0.0679. The van der Waals surface area contributed by atoms with Gasteiger partial charge in [-0.05, 0) is 25.7 Å². The second-order valence-electron chi connectivity index (χ2n) is 6.11. The molecule has 0 saturated heterocycles. The van der Waals surface area contributed by atoms with Crippen molar-refractivity contribution < 1.29 is 18.9 Å². The molecule has 2 aliphatic rings. The predicted octanol–water partition coefficient (Wildman–Crippen LogP) is 1.75. The van der Waals surface area contributed by atoms with E-state index in [4.69, 9.17) is 18.9 Å². The summed E-state index contributed by atoms with van der Waals surface area (Å²) in [5.41, 5.74) is 0.0704. The van der Waals surface area contributed by atoms with Gasteiger partial charge in [-0.15, -0.1) is 0 Å². The number of rotatable bonds is 13. The van der Waals surface area contributed by atoms with Crippen LogP contribution in [0.5, 0.6) is 0 Å². The Kier molecular flexibility index (Phi) is 7.96. The summed E-state index contributed by atoms with van der Waals surface area (Å²) in [4.78, 5) is 0. The van der Waals surface area contributed by atoms with Gasteiger partial charge in [0.15, 0.2) is 0 Å². The molecule has 0 bridgehead atoms. The molecule has 0 atom stereocenters. The summed E-state index contributed by atoms with van der Waals surface area (Å²) >= 11 is 0. The molecule has 2 rings (SSSR count). The molecule has 0 aromatic heterocycles. The largest absolute Gasteiger partial charge is 0.382 e. The molecule has 124 valence electrons. The summed E-state index contributed by atoms with van der Waals surface area (Å²) in [7, 11) is 1.67. The van der Waals surface area contributed by atoms with Crippen molar-refractivity contribution in [1.29, 1.82) is 0 Å². The minimum atomic E-state index is 0.0704. The Labute approximate surface area is 128 Å². The van der Waals surface area contributed by atoms with Crippen LogP contribution in [0.15, 0.2) is 0 Å². The molecule has 5 heteroatoms. The molecule has 2 saturated carbocycles. The summed E-state index contributed by atoms with van der Waals surface area (Å²) in [6.45, 7) is 4.87. The van der Waals surface area contributed by atoms with Crippen molar-refractivity contribution >= 4 is 0 Å². The first kappa shape index (κ1) is 17.2. The van der Waals surface area contributed by atoms with Crippen molar-refractivity contribution in [3.05, 3.63) is 0 Å². The summed E-state index contributed by atoms with van der Waals surface area (Å²) in [6.07, 6.45) is 7.63. The highest BCUT2D eigenvalue weighted by molar-refractivity contribution is 4.92. The highest BCUT2D eigenvalue weighted by atomic mass is 16.6.